The minimum Gasteiger partial charge on any atom is -0.495 e. The second-order valence-electron chi connectivity index (χ2n) is 3.85. The molecule has 98 valence electrons. The summed E-state index contributed by atoms with van der Waals surface area (Å²) in [6, 6.07) is 7.69. The van der Waals surface area contributed by atoms with Crippen LogP contribution in [0.25, 0.3) is 0 Å². The van der Waals surface area contributed by atoms with Crippen LogP contribution in [-0.4, -0.2) is 29.1 Å². The van der Waals surface area contributed by atoms with Crippen LogP contribution in [0.1, 0.15) is 5.69 Å². The molecule has 2 aromatic rings. The maximum absolute atomic E-state index is 5.49. The number of ether oxygens (including phenoxy) is 1. The first-order valence-corrected chi connectivity index (χ1v) is 6.03. The van der Waals surface area contributed by atoms with E-state index in [4.69, 9.17) is 22.7 Å². The van der Waals surface area contributed by atoms with E-state index in [0.717, 1.165) is 11.4 Å². The SMILES string of the molecule is COc1ccccc1N(C)c1cnc(C(N)=S)cn1. The van der Waals surface area contributed by atoms with E-state index in [1.54, 1.807) is 19.5 Å². The van der Waals surface area contributed by atoms with Crippen LogP contribution in [0, 0.1) is 0 Å². The molecule has 0 amide bonds. The van der Waals surface area contributed by atoms with Gasteiger partial charge in [-0.2, -0.15) is 0 Å². The fraction of sp³-hybridized carbons (Fsp3) is 0.154. The summed E-state index contributed by atoms with van der Waals surface area (Å²) in [5, 5.41) is 0. The van der Waals surface area contributed by atoms with Crippen LogP contribution in [0.2, 0.25) is 0 Å². The summed E-state index contributed by atoms with van der Waals surface area (Å²) in [5.41, 5.74) is 6.90. The van der Waals surface area contributed by atoms with Crippen molar-refractivity contribution in [2.45, 2.75) is 0 Å². The zero-order valence-electron chi connectivity index (χ0n) is 10.7. The molecule has 2 rings (SSSR count). The molecule has 0 unspecified atom stereocenters. The van der Waals surface area contributed by atoms with Crippen molar-refractivity contribution in [1.82, 2.24) is 9.97 Å². The summed E-state index contributed by atoms with van der Waals surface area (Å²) < 4.78 is 5.32. The third-order valence-corrected chi connectivity index (χ3v) is 2.89. The van der Waals surface area contributed by atoms with Crippen molar-refractivity contribution in [3.8, 4) is 5.75 Å². The predicted molar refractivity (Wildman–Crippen MR) is 79.0 cm³/mol. The van der Waals surface area contributed by atoms with E-state index in [2.05, 4.69) is 9.97 Å². The van der Waals surface area contributed by atoms with Gasteiger partial charge in [0.15, 0.2) is 5.82 Å². The van der Waals surface area contributed by atoms with Gasteiger partial charge in [-0.3, -0.25) is 0 Å². The summed E-state index contributed by atoms with van der Waals surface area (Å²) >= 11 is 4.85. The lowest BCUT2D eigenvalue weighted by Crippen LogP contribution is -2.16. The van der Waals surface area contributed by atoms with Gasteiger partial charge in [0, 0.05) is 7.05 Å². The van der Waals surface area contributed by atoms with Gasteiger partial charge in [-0.15, -0.1) is 0 Å². The topological polar surface area (TPSA) is 64.3 Å². The minimum absolute atomic E-state index is 0.235. The Hall–Kier alpha value is -2.21. The number of thiocarbonyl (C=S) groups is 1. The van der Waals surface area contributed by atoms with Gasteiger partial charge >= 0.3 is 0 Å². The molecule has 2 N–H and O–H groups in total. The molecule has 0 aliphatic carbocycles. The highest BCUT2D eigenvalue weighted by molar-refractivity contribution is 7.80. The molecule has 0 aliphatic heterocycles. The summed E-state index contributed by atoms with van der Waals surface area (Å²) in [7, 11) is 3.52. The molecule has 1 aromatic carbocycles. The maximum Gasteiger partial charge on any atom is 0.151 e. The van der Waals surface area contributed by atoms with Crippen LogP contribution >= 0.6 is 12.2 Å². The van der Waals surface area contributed by atoms with Crippen LogP contribution in [0.4, 0.5) is 11.5 Å². The largest absolute Gasteiger partial charge is 0.495 e. The predicted octanol–water partition coefficient (Wildman–Crippen LogP) is 1.89. The van der Waals surface area contributed by atoms with E-state index in [1.165, 1.54) is 0 Å². The Morgan fingerprint density at radius 1 is 1.26 bits per heavy atom. The van der Waals surface area contributed by atoms with E-state index in [-0.39, 0.29) is 4.99 Å². The number of nitrogens with zero attached hydrogens (tertiary/aromatic N) is 3. The van der Waals surface area contributed by atoms with Crippen LogP contribution in [0.5, 0.6) is 5.75 Å². The summed E-state index contributed by atoms with van der Waals surface area (Å²) in [4.78, 5) is 10.6. The standard InChI is InChI=1S/C13H14N4OS/c1-17(10-5-3-4-6-11(10)18-2)12-8-15-9(7-16-12)13(14)19/h3-8H,1-2H3,(H2,14,19). The third kappa shape index (κ3) is 2.79. The fourth-order valence-corrected chi connectivity index (χ4v) is 1.76. The van der Waals surface area contributed by atoms with E-state index < -0.39 is 0 Å². The quantitative estimate of drug-likeness (QED) is 0.859. The van der Waals surface area contributed by atoms with Crippen LogP contribution in [0.15, 0.2) is 36.7 Å². The Morgan fingerprint density at radius 3 is 2.58 bits per heavy atom. The van der Waals surface area contributed by atoms with Gasteiger partial charge in [-0.1, -0.05) is 24.4 Å². The molecule has 0 radical (unpaired) electrons. The van der Waals surface area contributed by atoms with Crippen LogP contribution in [-0.2, 0) is 0 Å². The number of aromatic nitrogens is 2. The van der Waals surface area contributed by atoms with E-state index >= 15 is 0 Å². The fourth-order valence-electron chi connectivity index (χ4n) is 1.65. The van der Waals surface area contributed by atoms with Crippen molar-refractivity contribution in [2.75, 3.05) is 19.1 Å². The number of nitrogens with two attached hydrogens (primary N) is 1. The number of methoxy groups -OCH3 is 1. The monoisotopic (exact) mass is 274 g/mol. The molecule has 5 nitrogen and oxygen atoms in total. The Balaban J connectivity index is 2.33. The van der Waals surface area contributed by atoms with E-state index in [9.17, 15) is 0 Å². The van der Waals surface area contributed by atoms with Gasteiger partial charge in [0.25, 0.3) is 0 Å². The van der Waals surface area contributed by atoms with Crippen molar-refractivity contribution in [3.63, 3.8) is 0 Å². The first-order chi connectivity index (χ1) is 9.13. The highest BCUT2D eigenvalue weighted by Crippen LogP contribution is 2.30. The van der Waals surface area contributed by atoms with Gasteiger partial charge in [0.2, 0.25) is 0 Å². The molecular formula is C13H14N4OS. The van der Waals surface area contributed by atoms with E-state index in [0.29, 0.717) is 11.5 Å². The Bertz CT molecular complexity index is 585. The van der Waals surface area contributed by atoms with Crippen molar-refractivity contribution >= 4 is 28.7 Å². The maximum atomic E-state index is 5.49. The van der Waals surface area contributed by atoms with Crippen molar-refractivity contribution in [2.24, 2.45) is 5.73 Å². The second kappa shape index (κ2) is 5.62. The Labute approximate surface area is 117 Å². The molecule has 0 spiro atoms. The Morgan fingerprint density at radius 2 is 2.00 bits per heavy atom. The molecule has 0 aliphatic rings. The normalized spacial score (nSPS) is 10.0. The van der Waals surface area contributed by atoms with Gasteiger partial charge < -0.3 is 15.4 Å². The van der Waals surface area contributed by atoms with Gasteiger partial charge in [-0.05, 0) is 12.1 Å². The summed E-state index contributed by atoms with van der Waals surface area (Å²) in [6.45, 7) is 0. The molecule has 0 saturated carbocycles. The van der Waals surface area contributed by atoms with Crippen molar-refractivity contribution in [1.29, 1.82) is 0 Å². The molecule has 1 aromatic heterocycles. The Kier molecular flexibility index (Phi) is 3.91. The summed E-state index contributed by atoms with van der Waals surface area (Å²) in [5.74, 6) is 1.45. The average molecular weight is 274 g/mol. The zero-order valence-corrected chi connectivity index (χ0v) is 11.5. The number of hydrogen-bond acceptors (Lipinski definition) is 5. The third-order valence-electron chi connectivity index (χ3n) is 2.68. The molecular weight excluding hydrogens is 260 g/mol. The number of hydrogen-bond donors (Lipinski definition) is 1. The zero-order chi connectivity index (χ0) is 13.8. The lowest BCUT2D eigenvalue weighted by Gasteiger charge is -2.20. The lowest BCUT2D eigenvalue weighted by atomic mass is 10.2. The van der Waals surface area contributed by atoms with Gasteiger partial charge in [0.05, 0.1) is 25.2 Å². The highest BCUT2D eigenvalue weighted by Gasteiger charge is 2.11. The molecule has 0 bridgehead atoms. The van der Waals surface area contributed by atoms with Crippen molar-refractivity contribution < 1.29 is 4.74 Å². The molecule has 0 atom stereocenters. The molecule has 0 fully saturated rings. The van der Waals surface area contributed by atoms with Crippen LogP contribution < -0.4 is 15.4 Å². The first-order valence-electron chi connectivity index (χ1n) is 5.62. The lowest BCUT2D eigenvalue weighted by molar-refractivity contribution is 0.415. The smallest absolute Gasteiger partial charge is 0.151 e. The number of para-hydroxylation sites is 2. The number of rotatable bonds is 4. The summed E-state index contributed by atoms with van der Waals surface area (Å²) in [6.07, 6.45) is 3.19. The highest BCUT2D eigenvalue weighted by atomic mass is 32.1. The van der Waals surface area contributed by atoms with E-state index in [1.807, 2.05) is 36.2 Å². The van der Waals surface area contributed by atoms with Crippen LogP contribution in [0.3, 0.4) is 0 Å². The van der Waals surface area contributed by atoms with Gasteiger partial charge in [0.1, 0.15) is 16.4 Å². The van der Waals surface area contributed by atoms with Gasteiger partial charge in [-0.25, -0.2) is 9.97 Å². The number of anilines is 2. The average Bonchev–Trinajstić information content (AvgIpc) is 2.46. The molecule has 19 heavy (non-hydrogen) atoms. The second-order valence-corrected chi connectivity index (χ2v) is 4.29. The molecule has 6 heteroatoms. The van der Waals surface area contributed by atoms with Crippen molar-refractivity contribution in [3.05, 3.63) is 42.4 Å². The first kappa shape index (κ1) is 13.2. The number of benzene rings is 1. The minimum atomic E-state index is 0.235. The molecule has 1 heterocycles. The molecule has 0 saturated heterocycles.